The van der Waals surface area contributed by atoms with Crippen LogP contribution < -0.4 is 14.8 Å². The van der Waals surface area contributed by atoms with E-state index in [0.29, 0.717) is 33.8 Å². The number of aryl methyl sites for hydroxylation is 1. The Morgan fingerprint density at radius 1 is 1.03 bits per heavy atom. The van der Waals surface area contributed by atoms with Crippen molar-refractivity contribution in [2.75, 3.05) is 25.3 Å². The lowest BCUT2D eigenvalue weighted by atomic mass is 10.0. The van der Waals surface area contributed by atoms with Crippen LogP contribution in [0.15, 0.2) is 59.8 Å². The number of amides is 1. The summed E-state index contributed by atoms with van der Waals surface area (Å²) in [6.45, 7) is 4.75. The molecule has 0 aliphatic heterocycles. The van der Waals surface area contributed by atoms with Gasteiger partial charge in [0.25, 0.3) is 0 Å². The van der Waals surface area contributed by atoms with Crippen LogP contribution in [0.4, 0.5) is 5.00 Å². The van der Waals surface area contributed by atoms with Gasteiger partial charge in [-0.3, -0.25) is 4.79 Å². The van der Waals surface area contributed by atoms with E-state index in [1.165, 1.54) is 30.2 Å². The average molecular weight is 553 g/mol. The zero-order valence-corrected chi connectivity index (χ0v) is 23.1. The second-order valence-electron chi connectivity index (χ2n) is 8.04. The number of anilines is 1. The molecule has 1 amide bonds. The van der Waals surface area contributed by atoms with Gasteiger partial charge in [0.2, 0.25) is 5.91 Å². The van der Waals surface area contributed by atoms with Crippen molar-refractivity contribution in [1.82, 2.24) is 14.8 Å². The minimum absolute atomic E-state index is 0.0930. The van der Waals surface area contributed by atoms with E-state index >= 15 is 0 Å². The van der Waals surface area contributed by atoms with Gasteiger partial charge in [0, 0.05) is 17.0 Å². The Bertz CT molecular complexity index is 1400. The topological polar surface area (TPSA) is 105 Å². The van der Waals surface area contributed by atoms with E-state index in [9.17, 15) is 9.59 Å². The molecule has 38 heavy (non-hydrogen) atoms. The van der Waals surface area contributed by atoms with Gasteiger partial charge in [-0.1, -0.05) is 42.1 Å². The van der Waals surface area contributed by atoms with Crippen molar-refractivity contribution in [3.8, 4) is 22.6 Å². The highest BCUT2D eigenvalue weighted by molar-refractivity contribution is 7.99. The van der Waals surface area contributed by atoms with Gasteiger partial charge in [0.1, 0.15) is 28.7 Å². The molecule has 9 nitrogen and oxygen atoms in total. The summed E-state index contributed by atoms with van der Waals surface area (Å²) in [6.07, 6.45) is 0. The lowest BCUT2D eigenvalue weighted by Gasteiger charge is -2.10. The summed E-state index contributed by atoms with van der Waals surface area (Å²) in [5.41, 5.74) is 2.00. The second-order valence-corrected chi connectivity index (χ2v) is 10.2. The fourth-order valence-corrected chi connectivity index (χ4v) is 5.75. The van der Waals surface area contributed by atoms with Crippen LogP contribution in [0.1, 0.15) is 28.0 Å². The van der Waals surface area contributed by atoms with E-state index in [-0.39, 0.29) is 18.3 Å². The van der Waals surface area contributed by atoms with Gasteiger partial charge in [-0.05, 0) is 43.7 Å². The molecule has 1 N–H and O–H groups in total. The molecule has 4 aromatic rings. The van der Waals surface area contributed by atoms with E-state index in [1.807, 2.05) is 73.0 Å². The SMILES string of the molecule is CCn1c(COc2ccc(OC)cc2)nnc1SCC(=O)Nc1sc(C)c(-c2ccccc2)c1C(=O)OC. The molecule has 0 bridgehead atoms. The molecule has 0 aliphatic carbocycles. The number of thioether (sulfide) groups is 1. The van der Waals surface area contributed by atoms with Gasteiger partial charge in [-0.15, -0.1) is 21.5 Å². The maximum Gasteiger partial charge on any atom is 0.341 e. The maximum atomic E-state index is 12.9. The fraction of sp³-hybridized carbons (Fsp3) is 0.259. The second kappa shape index (κ2) is 12.6. The largest absolute Gasteiger partial charge is 0.497 e. The van der Waals surface area contributed by atoms with Crippen molar-refractivity contribution in [1.29, 1.82) is 0 Å². The Balaban J connectivity index is 1.43. The van der Waals surface area contributed by atoms with Crippen LogP contribution in [0, 0.1) is 6.92 Å². The first-order valence-corrected chi connectivity index (χ1v) is 13.6. The third-order valence-corrected chi connectivity index (χ3v) is 7.65. The molecule has 2 heterocycles. The molecule has 198 valence electrons. The number of carbonyl (C=O) groups is 2. The Hall–Kier alpha value is -3.83. The van der Waals surface area contributed by atoms with Gasteiger partial charge in [-0.2, -0.15) is 0 Å². The third-order valence-electron chi connectivity index (χ3n) is 5.66. The van der Waals surface area contributed by atoms with Crippen molar-refractivity contribution in [3.05, 3.63) is 70.9 Å². The van der Waals surface area contributed by atoms with Crippen LogP contribution >= 0.6 is 23.1 Å². The molecule has 0 radical (unpaired) electrons. The summed E-state index contributed by atoms with van der Waals surface area (Å²) in [5, 5.41) is 12.5. The first kappa shape index (κ1) is 27.2. The zero-order chi connectivity index (χ0) is 27.1. The summed E-state index contributed by atoms with van der Waals surface area (Å²) in [7, 11) is 2.94. The van der Waals surface area contributed by atoms with Gasteiger partial charge in [0.15, 0.2) is 11.0 Å². The molecule has 2 aromatic heterocycles. The van der Waals surface area contributed by atoms with Crippen molar-refractivity contribution in [2.45, 2.75) is 32.2 Å². The molecule has 0 aliphatic rings. The smallest absolute Gasteiger partial charge is 0.341 e. The number of nitrogens with one attached hydrogen (secondary N) is 1. The van der Waals surface area contributed by atoms with Crippen LogP contribution in [0.5, 0.6) is 11.5 Å². The minimum atomic E-state index is -0.497. The highest BCUT2D eigenvalue weighted by Gasteiger charge is 2.25. The molecular weight excluding hydrogens is 524 g/mol. The van der Waals surface area contributed by atoms with Crippen molar-refractivity contribution in [2.24, 2.45) is 0 Å². The van der Waals surface area contributed by atoms with Crippen LogP contribution in [0.3, 0.4) is 0 Å². The van der Waals surface area contributed by atoms with Crippen LogP contribution in [-0.2, 0) is 22.7 Å². The molecule has 0 fully saturated rings. The predicted molar refractivity (Wildman–Crippen MR) is 148 cm³/mol. The highest BCUT2D eigenvalue weighted by atomic mass is 32.2. The quantitative estimate of drug-likeness (QED) is 0.194. The minimum Gasteiger partial charge on any atom is -0.497 e. The Morgan fingerprint density at radius 3 is 2.39 bits per heavy atom. The van der Waals surface area contributed by atoms with Crippen LogP contribution in [-0.4, -0.2) is 46.6 Å². The third kappa shape index (κ3) is 6.17. The van der Waals surface area contributed by atoms with E-state index < -0.39 is 5.97 Å². The molecule has 4 rings (SSSR count). The number of aromatic nitrogens is 3. The summed E-state index contributed by atoms with van der Waals surface area (Å²) in [4.78, 5) is 26.5. The first-order chi connectivity index (χ1) is 18.4. The van der Waals surface area contributed by atoms with E-state index in [1.54, 1.807) is 7.11 Å². The molecule has 0 unspecified atom stereocenters. The van der Waals surface area contributed by atoms with Gasteiger partial charge in [0.05, 0.1) is 20.0 Å². The summed E-state index contributed by atoms with van der Waals surface area (Å²) >= 11 is 2.62. The molecule has 0 saturated carbocycles. The number of esters is 1. The average Bonchev–Trinajstić information content (AvgIpc) is 3.50. The molecule has 11 heteroatoms. The Morgan fingerprint density at radius 2 is 1.74 bits per heavy atom. The number of methoxy groups -OCH3 is 2. The summed E-state index contributed by atoms with van der Waals surface area (Å²) in [5.74, 6) is 1.42. The lowest BCUT2D eigenvalue weighted by molar-refractivity contribution is -0.113. The Kier molecular flexibility index (Phi) is 9.03. The maximum absolute atomic E-state index is 12.9. The Labute approximate surface area is 229 Å². The summed E-state index contributed by atoms with van der Waals surface area (Å²) in [6, 6.07) is 16.9. The van der Waals surface area contributed by atoms with Crippen molar-refractivity contribution in [3.63, 3.8) is 0 Å². The van der Waals surface area contributed by atoms with Crippen molar-refractivity contribution >= 4 is 40.0 Å². The number of hydrogen-bond acceptors (Lipinski definition) is 9. The standard InChI is InChI=1S/C27H28N4O5S2/c1-5-31-21(15-36-20-13-11-19(34-3)12-14-20)29-30-27(31)37-16-22(32)28-25-24(26(33)35-4)23(17(2)38-25)18-9-7-6-8-10-18/h6-14H,5,15-16H2,1-4H3,(H,28,32). The number of carbonyl (C=O) groups excluding carboxylic acids is 2. The van der Waals surface area contributed by atoms with E-state index in [2.05, 4.69) is 15.5 Å². The number of benzene rings is 2. The number of hydrogen-bond donors (Lipinski definition) is 1. The normalized spacial score (nSPS) is 10.7. The van der Waals surface area contributed by atoms with Crippen LogP contribution in [0.25, 0.3) is 11.1 Å². The highest BCUT2D eigenvalue weighted by Crippen LogP contribution is 2.40. The molecule has 0 atom stereocenters. The van der Waals surface area contributed by atoms with E-state index in [4.69, 9.17) is 14.2 Å². The molecule has 0 saturated heterocycles. The van der Waals surface area contributed by atoms with Gasteiger partial charge in [-0.25, -0.2) is 4.79 Å². The first-order valence-electron chi connectivity index (χ1n) is 11.8. The van der Waals surface area contributed by atoms with Crippen molar-refractivity contribution < 1.29 is 23.8 Å². The summed E-state index contributed by atoms with van der Waals surface area (Å²) < 4.78 is 17.9. The number of ether oxygens (including phenoxy) is 3. The van der Waals surface area contributed by atoms with Gasteiger partial charge >= 0.3 is 5.97 Å². The van der Waals surface area contributed by atoms with Crippen LogP contribution in [0.2, 0.25) is 0 Å². The van der Waals surface area contributed by atoms with Gasteiger partial charge < -0.3 is 24.1 Å². The molecular formula is C27H28N4O5S2. The number of nitrogens with zero attached hydrogens (tertiary/aromatic N) is 3. The molecule has 0 spiro atoms. The molecule has 2 aromatic carbocycles. The monoisotopic (exact) mass is 552 g/mol. The lowest BCUT2D eigenvalue weighted by Crippen LogP contribution is -2.16. The van der Waals surface area contributed by atoms with E-state index in [0.717, 1.165) is 21.8 Å². The zero-order valence-electron chi connectivity index (χ0n) is 21.5. The number of thiophene rings is 1. The fourth-order valence-electron chi connectivity index (χ4n) is 3.84. The predicted octanol–water partition coefficient (Wildman–Crippen LogP) is 5.44. The number of rotatable bonds is 11.